The molecule has 1 N–H and O–H groups in total. The number of rotatable bonds is 4. The van der Waals surface area contributed by atoms with Gasteiger partial charge in [0.2, 0.25) is 0 Å². The van der Waals surface area contributed by atoms with Crippen LogP contribution < -0.4 is 15.2 Å². The summed E-state index contributed by atoms with van der Waals surface area (Å²) in [5, 5.41) is 12.6. The highest BCUT2D eigenvalue weighted by atomic mass is 35.5. The lowest BCUT2D eigenvalue weighted by atomic mass is 10.1. The zero-order chi connectivity index (χ0) is 18.0. The molecule has 0 saturated carbocycles. The summed E-state index contributed by atoms with van der Waals surface area (Å²) in [5.41, 5.74) is -0.807. The maximum absolute atomic E-state index is 12.5. The molecule has 1 amide bonds. The quantitative estimate of drug-likeness (QED) is 0.615. The first-order valence-corrected chi connectivity index (χ1v) is 7.82. The van der Waals surface area contributed by atoms with Crippen LogP contribution in [0, 0.1) is 0 Å². The van der Waals surface area contributed by atoms with Crippen molar-refractivity contribution in [3.63, 3.8) is 0 Å². The molecule has 0 bridgehead atoms. The number of nitrogens with one attached hydrogen (secondary N) is 1. The van der Waals surface area contributed by atoms with Gasteiger partial charge in [-0.15, -0.1) is 0 Å². The molecule has 0 spiro atoms. The largest absolute Gasteiger partial charge is 0.545 e. The Balaban J connectivity index is 2.59. The number of amides is 1. The molecule has 0 heterocycles. The van der Waals surface area contributed by atoms with E-state index in [-0.39, 0.29) is 15.1 Å². The van der Waals surface area contributed by atoms with E-state index in [0.717, 1.165) is 0 Å². The summed E-state index contributed by atoms with van der Waals surface area (Å²) in [5.74, 6) is -2.21. The van der Waals surface area contributed by atoms with Gasteiger partial charge in [0, 0.05) is 5.56 Å². The molecule has 24 heavy (non-hydrogen) atoms. The summed E-state index contributed by atoms with van der Waals surface area (Å²) in [7, 11) is 1.42. The summed E-state index contributed by atoms with van der Waals surface area (Å²) in [6.07, 6.45) is 0. The van der Waals surface area contributed by atoms with Gasteiger partial charge in [-0.2, -0.15) is 0 Å². The Hall–Kier alpha value is -1.66. The van der Waals surface area contributed by atoms with Gasteiger partial charge in [0.25, 0.3) is 5.91 Å². The maximum Gasteiger partial charge on any atom is 0.258 e. The number of hydrogen-bond acceptors (Lipinski definition) is 4. The predicted octanol–water partition coefficient (Wildman–Crippen LogP) is 3.92. The highest BCUT2D eigenvalue weighted by Crippen LogP contribution is 2.41. The zero-order valence-corrected chi connectivity index (χ0v) is 15.0. The second-order valence-electron chi connectivity index (χ2n) is 4.45. The van der Waals surface area contributed by atoms with Crippen molar-refractivity contribution in [1.82, 2.24) is 0 Å². The van der Waals surface area contributed by atoms with E-state index < -0.39 is 28.0 Å². The van der Waals surface area contributed by atoms with Gasteiger partial charge in [-0.3, -0.25) is 4.79 Å². The zero-order valence-electron chi connectivity index (χ0n) is 12.0. The van der Waals surface area contributed by atoms with E-state index in [9.17, 15) is 14.7 Å². The predicted molar refractivity (Wildman–Crippen MR) is 91.8 cm³/mol. The molecule has 2 rings (SSSR count). The maximum atomic E-state index is 12.5. The van der Waals surface area contributed by atoms with Crippen LogP contribution in [0.3, 0.4) is 0 Å². The van der Waals surface area contributed by atoms with Crippen LogP contribution >= 0.6 is 46.4 Å². The third-order valence-electron chi connectivity index (χ3n) is 3.05. The number of hydrogen-bond donors (Lipinski definition) is 1. The number of benzene rings is 2. The number of aromatic carboxylic acids is 1. The van der Waals surface area contributed by atoms with Gasteiger partial charge in [-0.1, -0.05) is 58.5 Å². The fraction of sp³-hybridized carbons (Fsp3) is 0.0667. The van der Waals surface area contributed by atoms with Gasteiger partial charge in [-0.05, 0) is 12.1 Å². The molecule has 0 unspecified atom stereocenters. The fourth-order valence-electron chi connectivity index (χ4n) is 1.97. The minimum atomic E-state index is -1.72. The lowest BCUT2D eigenvalue weighted by Crippen LogP contribution is -2.27. The number of ether oxygens (including phenoxy) is 1. The van der Waals surface area contributed by atoms with Gasteiger partial charge in [0.05, 0.1) is 44.4 Å². The number of carbonyl (C=O) groups excluding carboxylic acids is 2. The van der Waals surface area contributed by atoms with Gasteiger partial charge in [0.1, 0.15) is 5.75 Å². The number of carboxylic acid groups (broad SMARTS) is 1. The molecule has 126 valence electrons. The standard InChI is InChI=1S/C15H9Cl4NO4/c1-24-7-5-3-2-4-6(7)20-14(21)8-9(15(22)23)11(17)13(19)12(18)10(8)16/h2-5H,1H3,(H,20,21)(H,22,23)/p-1. The minimum absolute atomic E-state index is 0.237. The number of carbonyl (C=O) groups is 2. The smallest absolute Gasteiger partial charge is 0.258 e. The normalized spacial score (nSPS) is 10.4. The van der Waals surface area contributed by atoms with Crippen LogP contribution in [0.2, 0.25) is 20.1 Å². The Morgan fingerprint density at radius 1 is 0.958 bits per heavy atom. The highest BCUT2D eigenvalue weighted by Gasteiger charge is 2.26. The molecule has 2 aromatic rings. The van der Waals surface area contributed by atoms with E-state index in [4.69, 9.17) is 51.1 Å². The van der Waals surface area contributed by atoms with Crippen molar-refractivity contribution in [3.8, 4) is 5.75 Å². The Bertz CT molecular complexity index is 839. The molecule has 0 aromatic heterocycles. The van der Waals surface area contributed by atoms with Gasteiger partial charge < -0.3 is 20.0 Å². The number of methoxy groups -OCH3 is 1. The lowest BCUT2D eigenvalue weighted by molar-refractivity contribution is -0.255. The van der Waals surface area contributed by atoms with E-state index in [1.807, 2.05) is 0 Å². The summed E-state index contributed by atoms with van der Waals surface area (Å²) < 4.78 is 5.11. The molecule has 0 fully saturated rings. The molecule has 0 aliphatic heterocycles. The first-order chi connectivity index (χ1) is 11.3. The fourth-order valence-corrected chi connectivity index (χ4v) is 2.98. The molecule has 0 aliphatic rings. The summed E-state index contributed by atoms with van der Waals surface area (Å²) in [6, 6.07) is 6.52. The summed E-state index contributed by atoms with van der Waals surface area (Å²) in [6.45, 7) is 0. The molecule has 2 aromatic carbocycles. The van der Waals surface area contributed by atoms with Crippen LogP contribution in [0.15, 0.2) is 24.3 Å². The van der Waals surface area contributed by atoms with Gasteiger partial charge >= 0.3 is 0 Å². The third-order valence-corrected chi connectivity index (χ3v) is 4.86. The number of anilines is 1. The van der Waals surface area contributed by atoms with E-state index >= 15 is 0 Å². The van der Waals surface area contributed by atoms with Crippen molar-refractivity contribution in [2.45, 2.75) is 0 Å². The van der Waals surface area contributed by atoms with Crippen LogP contribution in [0.25, 0.3) is 0 Å². The molecular formula is C15H8Cl4NO4-. The van der Waals surface area contributed by atoms with E-state index in [1.54, 1.807) is 24.3 Å². The average molecular weight is 408 g/mol. The number of carboxylic acids is 1. The molecular weight excluding hydrogens is 400 g/mol. The number of halogens is 4. The van der Waals surface area contributed by atoms with Crippen molar-refractivity contribution in [2.24, 2.45) is 0 Å². The van der Waals surface area contributed by atoms with Crippen molar-refractivity contribution in [1.29, 1.82) is 0 Å². The second kappa shape index (κ2) is 7.49. The second-order valence-corrected chi connectivity index (χ2v) is 5.96. The van der Waals surface area contributed by atoms with Gasteiger partial charge in [0.15, 0.2) is 0 Å². The van der Waals surface area contributed by atoms with E-state index in [1.165, 1.54) is 7.11 Å². The number of para-hydroxylation sites is 2. The molecule has 0 saturated heterocycles. The van der Waals surface area contributed by atoms with Crippen LogP contribution in [0.4, 0.5) is 5.69 Å². The highest BCUT2D eigenvalue weighted by molar-refractivity contribution is 6.54. The molecule has 0 aliphatic carbocycles. The third kappa shape index (κ3) is 3.39. The van der Waals surface area contributed by atoms with Crippen molar-refractivity contribution < 1.29 is 19.4 Å². The molecule has 9 heteroatoms. The monoisotopic (exact) mass is 406 g/mol. The Kier molecular flexibility index (Phi) is 5.83. The molecule has 5 nitrogen and oxygen atoms in total. The summed E-state index contributed by atoms with van der Waals surface area (Å²) >= 11 is 23.6. The molecule has 0 radical (unpaired) electrons. The first kappa shape index (κ1) is 18.7. The van der Waals surface area contributed by atoms with E-state index in [2.05, 4.69) is 5.32 Å². The Labute approximate surface area is 157 Å². The first-order valence-electron chi connectivity index (χ1n) is 6.31. The minimum Gasteiger partial charge on any atom is -0.545 e. The lowest BCUT2D eigenvalue weighted by Gasteiger charge is -2.17. The Morgan fingerprint density at radius 3 is 2.04 bits per heavy atom. The topological polar surface area (TPSA) is 78.5 Å². The van der Waals surface area contributed by atoms with Gasteiger partial charge in [-0.25, -0.2) is 0 Å². The van der Waals surface area contributed by atoms with Crippen LogP contribution in [0.1, 0.15) is 20.7 Å². The van der Waals surface area contributed by atoms with Crippen molar-refractivity contribution in [3.05, 3.63) is 55.5 Å². The summed E-state index contributed by atoms with van der Waals surface area (Å²) in [4.78, 5) is 23.9. The van der Waals surface area contributed by atoms with Crippen molar-refractivity contribution in [2.75, 3.05) is 12.4 Å². The van der Waals surface area contributed by atoms with Crippen LogP contribution in [-0.4, -0.2) is 19.0 Å². The molecule has 0 atom stereocenters. The van der Waals surface area contributed by atoms with Crippen molar-refractivity contribution >= 4 is 64.0 Å². The van der Waals surface area contributed by atoms with E-state index in [0.29, 0.717) is 11.4 Å². The SMILES string of the molecule is COc1ccccc1NC(=O)c1c(Cl)c(Cl)c(Cl)c(Cl)c1C(=O)[O-]. The van der Waals surface area contributed by atoms with Crippen LogP contribution in [0.5, 0.6) is 5.75 Å². The van der Waals surface area contributed by atoms with Crippen LogP contribution in [-0.2, 0) is 0 Å². The average Bonchev–Trinajstić information content (AvgIpc) is 2.55. The Morgan fingerprint density at radius 2 is 1.50 bits per heavy atom.